The van der Waals surface area contributed by atoms with Crippen molar-refractivity contribution in [1.29, 1.82) is 0 Å². The van der Waals surface area contributed by atoms with Crippen LogP contribution in [0, 0.1) is 0 Å². The number of halogens is 3. The van der Waals surface area contributed by atoms with E-state index in [-0.39, 0.29) is 6.04 Å². The summed E-state index contributed by atoms with van der Waals surface area (Å²) in [6, 6.07) is 8.73. The molecule has 0 fully saturated rings. The maximum atomic E-state index is 12.8. The molecule has 8 heteroatoms. The molecule has 0 aliphatic carbocycles. The summed E-state index contributed by atoms with van der Waals surface area (Å²) in [6.45, 7) is 0. The third-order valence-electron chi connectivity index (χ3n) is 3.77. The first kappa shape index (κ1) is 14.9. The molecule has 2 aromatic heterocycles. The highest BCUT2D eigenvalue weighted by Gasteiger charge is 2.31. The molecule has 1 aliphatic rings. The quantitative estimate of drug-likeness (QED) is 0.746. The number of benzene rings is 1. The molecule has 4 nitrogen and oxygen atoms in total. The molecular formula is C16H11F3N4S. The minimum atomic E-state index is -4.34. The van der Waals surface area contributed by atoms with Gasteiger partial charge < -0.3 is 5.32 Å². The maximum absolute atomic E-state index is 12.8. The third kappa shape index (κ3) is 2.58. The molecule has 0 saturated carbocycles. The van der Waals surface area contributed by atoms with E-state index in [0.29, 0.717) is 11.5 Å². The van der Waals surface area contributed by atoms with Crippen LogP contribution in [0.3, 0.4) is 0 Å². The van der Waals surface area contributed by atoms with E-state index in [1.807, 2.05) is 23.6 Å². The van der Waals surface area contributed by atoms with E-state index in [9.17, 15) is 13.2 Å². The highest BCUT2D eigenvalue weighted by atomic mass is 32.1. The minimum absolute atomic E-state index is 0.317. The fraction of sp³-hybridized carbons (Fsp3) is 0.125. The van der Waals surface area contributed by atoms with E-state index in [1.54, 1.807) is 16.0 Å². The Morgan fingerprint density at radius 3 is 2.58 bits per heavy atom. The van der Waals surface area contributed by atoms with Crippen LogP contribution in [0.1, 0.15) is 22.0 Å². The second-order valence-electron chi connectivity index (χ2n) is 5.28. The van der Waals surface area contributed by atoms with Gasteiger partial charge in [0.25, 0.3) is 0 Å². The molecule has 4 rings (SSSR count). The van der Waals surface area contributed by atoms with Crippen LogP contribution < -0.4 is 5.32 Å². The SMILES string of the molecule is FC(F)(F)c1ccc(C2C=C(c3cccs3)Nc3ncnn32)cc1. The van der Waals surface area contributed by atoms with Crippen LogP contribution in [0.5, 0.6) is 0 Å². The number of hydrogen-bond acceptors (Lipinski definition) is 4. The van der Waals surface area contributed by atoms with E-state index in [0.717, 1.165) is 22.7 Å². The summed E-state index contributed by atoms with van der Waals surface area (Å²) in [5.41, 5.74) is 0.919. The van der Waals surface area contributed by atoms with Crippen LogP contribution in [0.4, 0.5) is 19.1 Å². The Hall–Kier alpha value is -2.61. The molecule has 0 bridgehead atoms. The largest absolute Gasteiger partial charge is 0.416 e. The van der Waals surface area contributed by atoms with Crippen molar-refractivity contribution in [3.05, 3.63) is 70.2 Å². The van der Waals surface area contributed by atoms with Gasteiger partial charge in [-0.2, -0.15) is 23.3 Å². The van der Waals surface area contributed by atoms with Crippen molar-refractivity contribution >= 4 is 23.0 Å². The summed E-state index contributed by atoms with van der Waals surface area (Å²) in [5.74, 6) is 0.561. The van der Waals surface area contributed by atoms with Crippen molar-refractivity contribution in [3.63, 3.8) is 0 Å². The Labute approximate surface area is 139 Å². The highest BCUT2D eigenvalue weighted by molar-refractivity contribution is 7.11. The smallest absolute Gasteiger partial charge is 0.323 e. The number of allylic oxidation sites excluding steroid dienone is 1. The number of hydrogen-bond donors (Lipinski definition) is 1. The van der Waals surface area contributed by atoms with Crippen LogP contribution >= 0.6 is 11.3 Å². The Morgan fingerprint density at radius 2 is 1.92 bits per heavy atom. The Morgan fingerprint density at radius 1 is 1.12 bits per heavy atom. The van der Waals surface area contributed by atoms with Gasteiger partial charge >= 0.3 is 6.18 Å². The average molecular weight is 348 g/mol. The molecule has 1 atom stereocenters. The lowest BCUT2D eigenvalue weighted by molar-refractivity contribution is -0.137. The lowest BCUT2D eigenvalue weighted by Crippen LogP contribution is -2.20. The molecule has 1 aromatic carbocycles. The predicted molar refractivity (Wildman–Crippen MR) is 85.5 cm³/mol. The zero-order valence-electron chi connectivity index (χ0n) is 12.2. The van der Waals surface area contributed by atoms with Gasteiger partial charge in [0.2, 0.25) is 5.95 Å². The molecule has 122 valence electrons. The van der Waals surface area contributed by atoms with Gasteiger partial charge in [-0.3, -0.25) is 0 Å². The number of alkyl halides is 3. The average Bonchev–Trinajstić information content (AvgIpc) is 3.24. The molecule has 24 heavy (non-hydrogen) atoms. The Bertz CT molecular complexity index is 879. The first-order chi connectivity index (χ1) is 11.5. The van der Waals surface area contributed by atoms with Crippen LogP contribution in [0.15, 0.2) is 54.2 Å². The lowest BCUT2D eigenvalue weighted by atomic mass is 10.0. The summed E-state index contributed by atoms with van der Waals surface area (Å²) in [6.07, 6.45) is -0.982. The summed E-state index contributed by atoms with van der Waals surface area (Å²) in [7, 11) is 0. The third-order valence-corrected chi connectivity index (χ3v) is 4.68. The zero-order valence-corrected chi connectivity index (χ0v) is 13.0. The Kier molecular flexibility index (Phi) is 3.42. The van der Waals surface area contributed by atoms with Crippen LogP contribution in [-0.4, -0.2) is 14.8 Å². The van der Waals surface area contributed by atoms with E-state index >= 15 is 0 Å². The number of rotatable bonds is 2. The summed E-state index contributed by atoms with van der Waals surface area (Å²) in [4.78, 5) is 5.20. The molecule has 1 N–H and O–H groups in total. The monoisotopic (exact) mass is 348 g/mol. The van der Waals surface area contributed by atoms with Gasteiger partial charge in [0.15, 0.2) is 0 Å². The molecule has 3 heterocycles. The second kappa shape index (κ2) is 5.48. The zero-order chi connectivity index (χ0) is 16.7. The van der Waals surface area contributed by atoms with Gasteiger partial charge in [-0.05, 0) is 35.2 Å². The molecule has 0 radical (unpaired) electrons. The maximum Gasteiger partial charge on any atom is 0.416 e. The number of thiophene rings is 1. The molecule has 0 saturated heterocycles. The van der Waals surface area contributed by atoms with Crippen molar-refractivity contribution in [2.75, 3.05) is 5.32 Å². The fourth-order valence-electron chi connectivity index (χ4n) is 2.62. The minimum Gasteiger partial charge on any atom is -0.323 e. The van der Waals surface area contributed by atoms with Crippen molar-refractivity contribution in [2.24, 2.45) is 0 Å². The topological polar surface area (TPSA) is 42.7 Å². The van der Waals surface area contributed by atoms with E-state index in [1.165, 1.54) is 18.5 Å². The number of nitrogens with one attached hydrogen (secondary N) is 1. The van der Waals surface area contributed by atoms with Crippen LogP contribution in [0.2, 0.25) is 0 Å². The first-order valence-corrected chi connectivity index (χ1v) is 8.00. The molecule has 1 aliphatic heterocycles. The number of fused-ring (bicyclic) bond motifs is 1. The van der Waals surface area contributed by atoms with Crippen molar-refractivity contribution in [2.45, 2.75) is 12.2 Å². The number of nitrogens with zero attached hydrogens (tertiary/aromatic N) is 3. The fourth-order valence-corrected chi connectivity index (χ4v) is 3.32. The number of aromatic nitrogens is 3. The van der Waals surface area contributed by atoms with Crippen molar-refractivity contribution in [1.82, 2.24) is 14.8 Å². The standard InChI is InChI=1S/C16H11F3N4S/c17-16(18,19)11-5-3-10(4-6-11)13-8-12(14-2-1-7-24-14)22-15-20-9-21-23(13)15/h1-9,13H,(H,20,21,22). The number of anilines is 1. The molecule has 3 aromatic rings. The van der Waals surface area contributed by atoms with Gasteiger partial charge in [-0.15, -0.1) is 11.3 Å². The van der Waals surface area contributed by atoms with Gasteiger partial charge in [0.05, 0.1) is 16.1 Å². The van der Waals surface area contributed by atoms with Gasteiger partial charge in [0, 0.05) is 0 Å². The van der Waals surface area contributed by atoms with E-state index < -0.39 is 11.7 Å². The second-order valence-corrected chi connectivity index (χ2v) is 6.22. The van der Waals surface area contributed by atoms with E-state index in [4.69, 9.17) is 0 Å². The van der Waals surface area contributed by atoms with Gasteiger partial charge in [0.1, 0.15) is 12.4 Å². The predicted octanol–water partition coefficient (Wildman–Crippen LogP) is 4.41. The summed E-state index contributed by atoms with van der Waals surface area (Å²) < 4.78 is 39.9. The molecule has 1 unspecified atom stereocenters. The molecule has 0 spiro atoms. The first-order valence-electron chi connectivity index (χ1n) is 7.12. The van der Waals surface area contributed by atoms with Gasteiger partial charge in [-0.1, -0.05) is 18.2 Å². The molecule has 0 amide bonds. The summed E-state index contributed by atoms with van der Waals surface area (Å²) >= 11 is 1.57. The van der Waals surface area contributed by atoms with Crippen LogP contribution in [-0.2, 0) is 6.18 Å². The van der Waals surface area contributed by atoms with Crippen LogP contribution in [0.25, 0.3) is 5.70 Å². The van der Waals surface area contributed by atoms with E-state index in [2.05, 4.69) is 15.4 Å². The van der Waals surface area contributed by atoms with Crippen molar-refractivity contribution in [3.8, 4) is 0 Å². The summed E-state index contributed by atoms with van der Waals surface area (Å²) in [5, 5.41) is 9.34. The van der Waals surface area contributed by atoms with Crippen molar-refractivity contribution < 1.29 is 13.2 Å². The lowest BCUT2D eigenvalue weighted by Gasteiger charge is -2.24. The Balaban J connectivity index is 1.76. The van der Waals surface area contributed by atoms with Gasteiger partial charge in [-0.25, -0.2) is 4.68 Å². The highest BCUT2D eigenvalue weighted by Crippen LogP contribution is 2.35. The molecular weight excluding hydrogens is 337 g/mol. The normalized spacial score (nSPS) is 17.1.